The van der Waals surface area contributed by atoms with Gasteiger partial charge in [-0.25, -0.2) is 8.42 Å². The summed E-state index contributed by atoms with van der Waals surface area (Å²) in [5.74, 6) is -0.463. The first-order valence-electron chi connectivity index (χ1n) is 9.63. The summed E-state index contributed by atoms with van der Waals surface area (Å²) < 4.78 is 72.0. The van der Waals surface area contributed by atoms with Crippen molar-refractivity contribution in [3.63, 3.8) is 0 Å². The number of sulfonamides is 1. The van der Waals surface area contributed by atoms with Crippen molar-refractivity contribution in [1.82, 2.24) is 5.32 Å². The van der Waals surface area contributed by atoms with Crippen molar-refractivity contribution in [1.29, 1.82) is 0 Å². The Bertz CT molecular complexity index is 1310. The number of nitrogens with zero attached hydrogens (tertiary/aromatic N) is 2. The molecule has 1 aromatic heterocycles. The third-order valence-corrected chi connectivity index (χ3v) is 6.52. The number of hydrogen-bond donors (Lipinski definition) is 1. The molecule has 0 radical (unpaired) electrons. The Balaban J connectivity index is 2.03. The highest BCUT2D eigenvalue weighted by molar-refractivity contribution is 7.92. The minimum absolute atomic E-state index is 0.0850. The lowest BCUT2D eigenvalue weighted by molar-refractivity contribution is -0.385. The van der Waals surface area contributed by atoms with Crippen molar-refractivity contribution in [3.8, 4) is 0 Å². The van der Waals surface area contributed by atoms with Gasteiger partial charge < -0.3 is 9.73 Å². The summed E-state index contributed by atoms with van der Waals surface area (Å²) in [6, 6.07) is 9.64. The van der Waals surface area contributed by atoms with Crippen LogP contribution < -0.4 is 9.62 Å². The molecule has 0 spiro atoms. The molecule has 0 saturated heterocycles. The van der Waals surface area contributed by atoms with Gasteiger partial charge in [0.05, 0.1) is 33.9 Å². The van der Waals surface area contributed by atoms with Gasteiger partial charge in [0, 0.05) is 11.6 Å². The molecule has 3 aromatic rings. The number of furan rings is 1. The minimum Gasteiger partial charge on any atom is -0.467 e. The van der Waals surface area contributed by atoms with Crippen LogP contribution in [0.3, 0.4) is 0 Å². The normalized spacial score (nSPS) is 11.8. The van der Waals surface area contributed by atoms with E-state index >= 15 is 0 Å². The average Bonchev–Trinajstić information content (AvgIpc) is 3.29. The second kappa shape index (κ2) is 9.55. The Hall–Kier alpha value is -3.87. The Morgan fingerprint density at radius 3 is 2.50 bits per heavy atom. The van der Waals surface area contributed by atoms with Crippen LogP contribution in [-0.4, -0.2) is 25.8 Å². The number of benzene rings is 2. The van der Waals surface area contributed by atoms with Gasteiger partial charge in [-0.3, -0.25) is 19.2 Å². The molecule has 3 rings (SSSR count). The average molecular weight is 497 g/mol. The van der Waals surface area contributed by atoms with Crippen LogP contribution in [0.15, 0.2) is 70.2 Å². The van der Waals surface area contributed by atoms with Gasteiger partial charge in [0.15, 0.2) is 0 Å². The summed E-state index contributed by atoms with van der Waals surface area (Å²) in [7, 11) is -4.68. The van der Waals surface area contributed by atoms with Crippen molar-refractivity contribution in [3.05, 3.63) is 87.9 Å². The van der Waals surface area contributed by atoms with Gasteiger partial charge in [0.1, 0.15) is 12.3 Å². The molecule has 1 amide bonds. The van der Waals surface area contributed by atoms with Crippen LogP contribution in [0.25, 0.3) is 0 Å². The molecule has 34 heavy (non-hydrogen) atoms. The van der Waals surface area contributed by atoms with Gasteiger partial charge in [0.2, 0.25) is 5.91 Å². The van der Waals surface area contributed by atoms with Crippen LogP contribution in [0.2, 0.25) is 0 Å². The molecule has 0 unspecified atom stereocenters. The van der Waals surface area contributed by atoms with E-state index < -0.39 is 55.4 Å². The van der Waals surface area contributed by atoms with Gasteiger partial charge in [-0.2, -0.15) is 13.2 Å². The van der Waals surface area contributed by atoms with E-state index in [2.05, 4.69) is 5.32 Å². The van der Waals surface area contributed by atoms with Crippen molar-refractivity contribution in [2.75, 3.05) is 10.8 Å². The fourth-order valence-electron chi connectivity index (χ4n) is 3.01. The maximum Gasteiger partial charge on any atom is 0.416 e. The molecule has 2 aromatic carbocycles. The number of halogens is 3. The Morgan fingerprint density at radius 2 is 1.88 bits per heavy atom. The molecule has 0 aliphatic rings. The van der Waals surface area contributed by atoms with Crippen LogP contribution in [0.1, 0.15) is 16.9 Å². The van der Waals surface area contributed by atoms with Crippen LogP contribution in [0, 0.1) is 17.0 Å². The molecule has 0 saturated carbocycles. The van der Waals surface area contributed by atoms with Crippen molar-refractivity contribution >= 4 is 27.3 Å². The number of nitrogens with one attached hydrogen (secondary N) is 1. The van der Waals surface area contributed by atoms with E-state index in [1.807, 2.05) is 0 Å². The maximum atomic E-state index is 13.4. The highest BCUT2D eigenvalue weighted by Gasteiger charge is 2.34. The first kappa shape index (κ1) is 24.8. The highest BCUT2D eigenvalue weighted by Crippen LogP contribution is 2.34. The molecule has 0 atom stereocenters. The summed E-state index contributed by atoms with van der Waals surface area (Å²) >= 11 is 0. The zero-order valence-corrected chi connectivity index (χ0v) is 18.4. The summed E-state index contributed by atoms with van der Waals surface area (Å²) in [5, 5.41) is 13.7. The molecule has 13 heteroatoms. The minimum atomic E-state index is -4.77. The first-order valence-corrected chi connectivity index (χ1v) is 11.1. The fraction of sp³-hybridized carbons (Fsp3) is 0.190. The highest BCUT2D eigenvalue weighted by atomic mass is 32.2. The van der Waals surface area contributed by atoms with Crippen molar-refractivity contribution < 1.29 is 35.7 Å². The standard InChI is InChI=1S/C21H18F3N3O6S/c1-14-7-8-18(11-19(14)27(29)30)34(31,32)26(13-20(28)25-12-17-6-3-9-33-17)16-5-2-4-15(10-16)21(22,23)24/h2-11H,12-13H2,1H3,(H,25,28). The molecule has 0 aliphatic heterocycles. The molecule has 0 aliphatic carbocycles. The summed E-state index contributed by atoms with van der Waals surface area (Å²) in [5.41, 5.74) is -1.87. The van der Waals surface area contributed by atoms with Gasteiger partial charge >= 0.3 is 6.18 Å². The van der Waals surface area contributed by atoms with Crippen molar-refractivity contribution in [2.45, 2.75) is 24.5 Å². The Labute approximate surface area is 192 Å². The number of alkyl halides is 3. The first-order chi connectivity index (χ1) is 15.9. The number of nitro benzene ring substituents is 1. The third-order valence-electron chi connectivity index (χ3n) is 4.75. The number of carbonyl (C=O) groups is 1. The molecule has 0 fully saturated rings. The monoisotopic (exact) mass is 497 g/mol. The molecule has 9 nitrogen and oxygen atoms in total. The second-order valence-corrected chi connectivity index (χ2v) is 8.98. The Morgan fingerprint density at radius 1 is 1.15 bits per heavy atom. The maximum absolute atomic E-state index is 13.4. The summed E-state index contributed by atoms with van der Waals surface area (Å²) in [6.45, 7) is 0.436. The SMILES string of the molecule is Cc1ccc(S(=O)(=O)N(CC(=O)NCc2ccco2)c2cccc(C(F)(F)F)c2)cc1[N+](=O)[O-]. The predicted molar refractivity (Wildman–Crippen MR) is 114 cm³/mol. The smallest absolute Gasteiger partial charge is 0.416 e. The van der Waals surface area contributed by atoms with E-state index in [0.717, 1.165) is 30.3 Å². The molecule has 1 N–H and O–H groups in total. The van der Waals surface area contributed by atoms with Crippen LogP contribution >= 0.6 is 0 Å². The fourth-order valence-corrected chi connectivity index (χ4v) is 4.44. The number of carbonyl (C=O) groups excluding carboxylic acids is 1. The molecular formula is C21H18F3N3O6S. The number of amides is 1. The molecule has 0 bridgehead atoms. The number of anilines is 1. The number of aryl methyl sites for hydroxylation is 1. The van der Waals surface area contributed by atoms with E-state index in [4.69, 9.17) is 4.42 Å². The number of rotatable bonds is 8. The zero-order chi connectivity index (χ0) is 25.1. The van der Waals surface area contributed by atoms with Crippen LogP contribution in [0.4, 0.5) is 24.5 Å². The van der Waals surface area contributed by atoms with Gasteiger partial charge in [-0.15, -0.1) is 0 Å². The topological polar surface area (TPSA) is 123 Å². The zero-order valence-electron chi connectivity index (χ0n) is 17.6. The lowest BCUT2D eigenvalue weighted by Crippen LogP contribution is -2.40. The van der Waals surface area contributed by atoms with E-state index in [-0.39, 0.29) is 12.1 Å². The lowest BCUT2D eigenvalue weighted by Gasteiger charge is -2.25. The van der Waals surface area contributed by atoms with E-state index in [1.54, 1.807) is 12.1 Å². The van der Waals surface area contributed by atoms with Crippen LogP contribution in [0.5, 0.6) is 0 Å². The van der Waals surface area contributed by atoms with Gasteiger partial charge in [-0.1, -0.05) is 12.1 Å². The number of hydrogen-bond acceptors (Lipinski definition) is 6. The summed E-state index contributed by atoms with van der Waals surface area (Å²) in [4.78, 5) is 22.5. The summed E-state index contributed by atoms with van der Waals surface area (Å²) in [6.07, 6.45) is -3.40. The number of nitro groups is 1. The van der Waals surface area contributed by atoms with Crippen LogP contribution in [-0.2, 0) is 27.5 Å². The van der Waals surface area contributed by atoms with E-state index in [0.29, 0.717) is 16.1 Å². The quantitative estimate of drug-likeness (QED) is 0.370. The van der Waals surface area contributed by atoms with Gasteiger partial charge in [-0.05, 0) is 43.3 Å². The largest absolute Gasteiger partial charge is 0.467 e. The van der Waals surface area contributed by atoms with Crippen molar-refractivity contribution in [2.24, 2.45) is 0 Å². The molecule has 180 valence electrons. The Kier molecular flexibility index (Phi) is 6.96. The molecular weight excluding hydrogens is 479 g/mol. The van der Waals surface area contributed by atoms with Gasteiger partial charge in [0.25, 0.3) is 15.7 Å². The lowest BCUT2D eigenvalue weighted by atomic mass is 10.2. The van der Waals surface area contributed by atoms with E-state index in [9.17, 15) is 36.5 Å². The van der Waals surface area contributed by atoms with E-state index in [1.165, 1.54) is 19.3 Å². The predicted octanol–water partition coefficient (Wildman–Crippen LogP) is 4.03. The second-order valence-electron chi connectivity index (χ2n) is 7.12. The molecule has 1 heterocycles. The third kappa shape index (κ3) is 5.54.